The molecule has 2 aromatic carbocycles. The Balaban J connectivity index is 1.39. The van der Waals surface area contributed by atoms with Crippen LogP contribution in [0, 0.1) is 0 Å². The lowest BCUT2D eigenvalue weighted by atomic mass is 10.1. The summed E-state index contributed by atoms with van der Waals surface area (Å²) in [5, 5.41) is 2.09. The van der Waals surface area contributed by atoms with Crippen LogP contribution in [0.5, 0.6) is 5.75 Å². The Bertz CT molecular complexity index is 1110. The van der Waals surface area contributed by atoms with Gasteiger partial charge in [-0.25, -0.2) is 13.1 Å². The number of benzene rings is 2. The van der Waals surface area contributed by atoms with Gasteiger partial charge in [0.1, 0.15) is 5.75 Å². The highest BCUT2D eigenvalue weighted by Gasteiger charge is 2.18. The lowest BCUT2D eigenvalue weighted by molar-refractivity contribution is -0.119. The molecule has 0 aliphatic carbocycles. The summed E-state index contributed by atoms with van der Waals surface area (Å²) >= 11 is 1.76. The number of nitrogens with one attached hydrogen (secondary N) is 1. The smallest absolute Gasteiger partial charge is 0.264 e. The van der Waals surface area contributed by atoms with Gasteiger partial charge in [-0.05, 0) is 61.5 Å². The number of hydrogen-bond acceptors (Lipinski definition) is 6. The largest absolute Gasteiger partial charge is 0.494 e. The minimum Gasteiger partial charge on any atom is -0.494 e. The molecule has 3 aromatic rings. The minimum atomic E-state index is -3.83. The van der Waals surface area contributed by atoms with Crippen molar-refractivity contribution in [2.75, 3.05) is 19.7 Å². The Labute approximate surface area is 206 Å². The first kappa shape index (κ1) is 25.9. The zero-order valence-corrected chi connectivity index (χ0v) is 21.3. The van der Waals surface area contributed by atoms with Crippen LogP contribution < -0.4 is 9.46 Å². The maximum Gasteiger partial charge on any atom is 0.264 e. The van der Waals surface area contributed by atoms with Crippen molar-refractivity contribution in [1.82, 2.24) is 9.62 Å². The first-order valence-corrected chi connectivity index (χ1v) is 13.8. The van der Waals surface area contributed by atoms with E-state index in [1.165, 1.54) is 22.6 Å². The normalized spacial score (nSPS) is 11.6. The van der Waals surface area contributed by atoms with Gasteiger partial charge >= 0.3 is 0 Å². The van der Waals surface area contributed by atoms with Crippen LogP contribution in [0.4, 0.5) is 0 Å². The van der Waals surface area contributed by atoms with Crippen molar-refractivity contribution in [2.24, 2.45) is 0 Å². The molecule has 0 radical (unpaired) electrons. The number of hydrogen-bond donors (Lipinski definition) is 1. The molecule has 8 heteroatoms. The van der Waals surface area contributed by atoms with Gasteiger partial charge < -0.3 is 9.64 Å². The summed E-state index contributed by atoms with van der Waals surface area (Å²) in [6.07, 6.45) is 1.84. The summed E-state index contributed by atoms with van der Waals surface area (Å²) < 4.78 is 32.7. The molecule has 0 atom stereocenters. The van der Waals surface area contributed by atoms with E-state index in [-0.39, 0.29) is 17.4 Å². The van der Waals surface area contributed by atoms with Crippen LogP contribution >= 0.6 is 11.3 Å². The first-order chi connectivity index (χ1) is 16.3. The summed E-state index contributed by atoms with van der Waals surface area (Å²) in [4.78, 5) is 15.8. The van der Waals surface area contributed by atoms with Crippen molar-refractivity contribution < 1.29 is 17.9 Å². The number of ether oxygens (including phenoxy) is 1. The fraction of sp³-hybridized carbons (Fsp3) is 0.346. The number of carbonyl (C=O) groups excluding carboxylic acids is 1. The van der Waals surface area contributed by atoms with Gasteiger partial charge in [0.05, 0.1) is 11.5 Å². The summed E-state index contributed by atoms with van der Waals surface area (Å²) in [6, 6.07) is 20.5. The van der Waals surface area contributed by atoms with E-state index in [0.717, 1.165) is 25.1 Å². The van der Waals surface area contributed by atoms with Gasteiger partial charge in [0.2, 0.25) is 5.91 Å². The minimum absolute atomic E-state index is 0.0840. The standard InChI is InChI=1S/C26H32N2O4S2/c1-21(2)28(17-15-26(29)27-34(30,31)25-9-4-3-5-10-25)16-7-18-32-23-13-11-22(12-14-23)20-24-8-6-19-33-24/h3-6,8-14,19,21H,7,15-18,20H2,1-2H3,(H,27,29). The van der Waals surface area contributed by atoms with Crippen molar-refractivity contribution in [2.45, 2.75) is 44.0 Å². The van der Waals surface area contributed by atoms with Crippen LogP contribution in [0.1, 0.15) is 37.1 Å². The molecule has 182 valence electrons. The molecule has 3 rings (SSSR count). The number of carbonyl (C=O) groups is 1. The molecule has 1 N–H and O–H groups in total. The lowest BCUT2D eigenvalue weighted by Gasteiger charge is -2.26. The van der Waals surface area contributed by atoms with E-state index in [9.17, 15) is 13.2 Å². The van der Waals surface area contributed by atoms with Gasteiger partial charge in [0.25, 0.3) is 10.0 Å². The maximum absolute atomic E-state index is 12.3. The molecule has 0 spiro atoms. The van der Waals surface area contributed by atoms with E-state index in [1.54, 1.807) is 29.5 Å². The van der Waals surface area contributed by atoms with Crippen molar-refractivity contribution in [1.29, 1.82) is 0 Å². The third-order valence-corrected chi connectivity index (χ3v) is 7.66. The Morgan fingerprint density at radius 2 is 1.74 bits per heavy atom. The third kappa shape index (κ3) is 8.27. The van der Waals surface area contributed by atoms with Crippen molar-refractivity contribution >= 4 is 27.3 Å². The summed E-state index contributed by atoms with van der Waals surface area (Å²) in [5.74, 6) is 0.338. The number of sulfonamides is 1. The molecule has 0 saturated carbocycles. The van der Waals surface area contributed by atoms with Crippen LogP contribution in [0.15, 0.2) is 77.0 Å². The molecule has 0 bridgehead atoms. The van der Waals surface area contributed by atoms with Crippen molar-refractivity contribution in [3.63, 3.8) is 0 Å². The Hall–Kier alpha value is -2.68. The highest BCUT2D eigenvalue weighted by atomic mass is 32.2. The molecule has 0 fully saturated rings. The predicted molar refractivity (Wildman–Crippen MR) is 137 cm³/mol. The summed E-state index contributed by atoms with van der Waals surface area (Å²) in [6.45, 7) is 5.93. The number of thiophene rings is 1. The second-order valence-corrected chi connectivity index (χ2v) is 11.0. The van der Waals surface area contributed by atoms with Gasteiger partial charge in [-0.1, -0.05) is 36.4 Å². The van der Waals surface area contributed by atoms with Crippen LogP contribution in [0.2, 0.25) is 0 Å². The Kier molecular flexibility index (Phi) is 9.68. The fourth-order valence-electron chi connectivity index (χ4n) is 3.51. The average Bonchev–Trinajstić information content (AvgIpc) is 3.32. The maximum atomic E-state index is 12.3. The van der Waals surface area contributed by atoms with E-state index >= 15 is 0 Å². The third-order valence-electron chi connectivity index (χ3n) is 5.40. The van der Waals surface area contributed by atoms with Gasteiger partial charge in [-0.3, -0.25) is 4.79 Å². The molecule has 0 aliphatic heterocycles. The Morgan fingerprint density at radius 1 is 1.00 bits per heavy atom. The highest BCUT2D eigenvalue weighted by molar-refractivity contribution is 7.90. The second kappa shape index (κ2) is 12.7. The number of nitrogens with zero attached hydrogens (tertiary/aromatic N) is 1. The monoisotopic (exact) mass is 500 g/mol. The highest BCUT2D eigenvalue weighted by Crippen LogP contribution is 2.18. The van der Waals surface area contributed by atoms with E-state index < -0.39 is 15.9 Å². The number of rotatable bonds is 13. The zero-order valence-electron chi connectivity index (χ0n) is 19.6. The molecule has 0 aliphatic rings. The molecule has 1 heterocycles. The van der Waals surface area contributed by atoms with E-state index in [0.29, 0.717) is 13.2 Å². The van der Waals surface area contributed by atoms with Crippen molar-refractivity contribution in [3.05, 3.63) is 82.6 Å². The topological polar surface area (TPSA) is 75.7 Å². The molecular formula is C26H32N2O4S2. The van der Waals surface area contributed by atoms with Crippen LogP contribution in [0.3, 0.4) is 0 Å². The lowest BCUT2D eigenvalue weighted by Crippen LogP contribution is -2.37. The molecular weight excluding hydrogens is 468 g/mol. The summed E-state index contributed by atoms with van der Waals surface area (Å²) in [5.41, 5.74) is 1.26. The van der Waals surface area contributed by atoms with E-state index in [1.807, 2.05) is 12.1 Å². The van der Waals surface area contributed by atoms with Gasteiger partial charge in [-0.2, -0.15) is 0 Å². The zero-order chi connectivity index (χ0) is 24.4. The second-order valence-electron chi connectivity index (χ2n) is 8.32. The predicted octanol–water partition coefficient (Wildman–Crippen LogP) is 4.71. The molecule has 1 amide bonds. The first-order valence-electron chi connectivity index (χ1n) is 11.4. The van der Waals surface area contributed by atoms with E-state index in [4.69, 9.17) is 4.74 Å². The van der Waals surface area contributed by atoms with Gasteiger partial charge in [0, 0.05) is 36.9 Å². The average molecular weight is 501 g/mol. The van der Waals surface area contributed by atoms with Crippen LogP contribution in [-0.4, -0.2) is 45.0 Å². The number of amides is 1. The van der Waals surface area contributed by atoms with Gasteiger partial charge in [-0.15, -0.1) is 11.3 Å². The van der Waals surface area contributed by atoms with Crippen LogP contribution in [0.25, 0.3) is 0 Å². The molecule has 34 heavy (non-hydrogen) atoms. The molecule has 0 saturated heterocycles. The Morgan fingerprint density at radius 3 is 2.38 bits per heavy atom. The molecule has 6 nitrogen and oxygen atoms in total. The van der Waals surface area contributed by atoms with E-state index in [2.05, 4.69) is 53.1 Å². The fourth-order valence-corrected chi connectivity index (χ4v) is 5.28. The van der Waals surface area contributed by atoms with Crippen LogP contribution in [-0.2, 0) is 21.2 Å². The summed E-state index contributed by atoms with van der Waals surface area (Å²) in [7, 11) is -3.83. The van der Waals surface area contributed by atoms with Gasteiger partial charge in [0.15, 0.2) is 0 Å². The molecule has 1 aromatic heterocycles. The SMILES string of the molecule is CC(C)N(CCCOc1ccc(Cc2cccs2)cc1)CCC(=O)NS(=O)(=O)c1ccccc1. The quantitative estimate of drug-likeness (QED) is 0.344. The van der Waals surface area contributed by atoms with Crippen molar-refractivity contribution in [3.8, 4) is 5.75 Å². The molecule has 0 unspecified atom stereocenters.